The van der Waals surface area contributed by atoms with Gasteiger partial charge < -0.3 is 15.9 Å². The molecule has 12 heavy (non-hydrogen) atoms. The van der Waals surface area contributed by atoms with Crippen molar-refractivity contribution < 1.29 is 15.0 Å². The minimum Gasteiger partial charge on any atom is -0.450 e. The molecule has 0 radical (unpaired) electrons. The van der Waals surface area contributed by atoms with Gasteiger partial charge in [-0.1, -0.05) is 23.7 Å². The molecule has 0 saturated heterocycles. The lowest BCUT2D eigenvalue weighted by Gasteiger charge is -1.91. The molecule has 0 atom stereocenters. The Morgan fingerprint density at radius 3 is 2.00 bits per heavy atom. The molecule has 4 N–H and O–H groups in total. The molecule has 0 aromatic heterocycles. The number of halogens is 1. The van der Waals surface area contributed by atoms with E-state index in [2.05, 4.69) is 0 Å². The van der Waals surface area contributed by atoms with Crippen LogP contribution in [0.25, 0.3) is 0 Å². The molecular weight excluding hydrogens is 182 g/mol. The van der Waals surface area contributed by atoms with Gasteiger partial charge in [0.1, 0.15) is 0 Å². The predicted octanol–water partition coefficient (Wildman–Crippen LogP) is 2.14. The monoisotopic (exact) mass is 189 g/mol. The first-order valence-electron chi connectivity index (χ1n) is 2.96. The molecule has 1 aromatic rings. The molecule has 66 valence electrons. The normalized spacial score (nSPS) is 8.08. The lowest BCUT2D eigenvalue weighted by Crippen LogP contribution is -1.82. The highest BCUT2D eigenvalue weighted by molar-refractivity contribution is 6.33. The van der Waals surface area contributed by atoms with Crippen molar-refractivity contribution in [3.8, 4) is 0 Å². The molecule has 1 aromatic carbocycles. The van der Waals surface area contributed by atoms with Gasteiger partial charge >= 0.3 is 6.16 Å². The summed E-state index contributed by atoms with van der Waals surface area (Å²) < 4.78 is 0. The molecular formula is C7H8ClNO3. The van der Waals surface area contributed by atoms with Gasteiger partial charge in [0, 0.05) is 0 Å². The number of carboxylic acid groups (broad SMARTS) is 2. The van der Waals surface area contributed by atoms with Crippen molar-refractivity contribution in [3.63, 3.8) is 0 Å². The number of carbonyl (C=O) groups is 1. The fourth-order valence-electron chi connectivity index (χ4n) is 0.475. The van der Waals surface area contributed by atoms with Crippen molar-refractivity contribution in [1.82, 2.24) is 0 Å². The lowest BCUT2D eigenvalue weighted by atomic mass is 10.3. The van der Waals surface area contributed by atoms with E-state index in [-0.39, 0.29) is 0 Å². The number of benzene rings is 1. The third-order valence-corrected chi connectivity index (χ3v) is 1.25. The lowest BCUT2D eigenvalue weighted by molar-refractivity contribution is 0.137. The molecule has 0 heterocycles. The molecule has 0 aliphatic heterocycles. The Labute approximate surface area is 74.2 Å². The van der Waals surface area contributed by atoms with Gasteiger partial charge in [-0.05, 0) is 12.1 Å². The highest BCUT2D eigenvalue weighted by Gasteiger charge is 1.87. The van der Waals surface area contributed by atoms with Crippen LogP contribution in [0, 0.1) is 0 Å². The Kier molecular flexibility index (Phi) is 4.64. The molecule has 0 aliphatic carbocycles. The van der Waals surface area contributed by atoms with Gasteiger partial charge in [0.05, 0.1) is 10.7 Å². The fraction of sp³-hybridized carbons (Fsp3) is 0. The summed E-state index contributed by atoms with van der Waals surface area (Å²) in [6, 6.07) is 7.22. The summed E-state index contributed by atoms with van der Waals surface area (Å²) in [5.74, 6) is 0. The van der Waals surface area contributed by atoms with Gasteiger partial charge in [-0.2, -0.15) is 0 Å². The first-order valence-corrected chi connectivity index (χ1v) is 3.33. The van der Waals surface area contributed by atoms with Crippen LogP contribution in [-0.2, 0) is 0 Å². The van der Waals surface area contributed by atoms with E-state index in [4.69, 9.17) is 32.3 Å². The fourth-order valence-corrected chi connectivity index (χ4v) is 0.611. The zero-order valence-electron chi connectivity index (χ0n) is 6.07. The van der Waals surface area contributed by atoms with E-state index in [1.807, 2.05) is 12.1 Å². The van der Waals surface area contributed by atoms with Crippen molar-refractivity contribution in [2.45, 2.75) is 0 Å². The zero-order valence-corrected chi connectivity index (χ0v) is 6.82. The summed E-state index contributed by atoms with van der Waals surface area (Å²) in [7, 11) is 0. The standard InChI is InChI=1S/C6H6ClN.CH2O3/c7-5-3-1-2-4-6(5)8;2-1(3)4/h1-4H,8H2;(H2,2,3,4). The van der Waals surface area contributed by atoms with Crippen LogP contribution in [0.15, 0.2) is 24.3 Å². The van der Waals surface area contributed by atoms with Crippen LogP contribution < -0.4 is 5.73 Å². The van der Waals surface area contributed by atoms with Gasteiger partial charge in [0.2, 0.25) is 0 Å². The summed E-state index contributed by atoms with van der Waals surface area (Å²) >= 11 is 5.58. The van der Waals surface area contributed by atoms with Crippen LogP contribution in [-0.4, -0.2) is 16.4 Å². The third-order valence-electron chi connectivity index (χ3n) is 0.905. The summed E-state index contributed by atoms with van der Waals surface area (Å²) in [6.45, 7) is 0. The SMILES string of the molecule is Nc1ccccc1Cl.O=C(O)O. The first kappa shape index (κ1) is 10.6. The van der Waals surface area contributed by atoms with Crippen molar-refractivity contribution in [3.05, 3.63) is 29.3 Å². The van der Waals surface area contributed by atoms with Crippen LogP contribution in [0.4, 0.5) is 10.5 Å². The number of rotatable bonds is 0. The van der Waals surface area contributed by atoms with Gasteiger partial charge in [0.25, 0.3) is 0 Å². The third kappa shape index (κ3) is 5.37. The van der Waals surface area contributed by atoms with E-state index in [1.165, 1.54) is 0 Å². The van der Waals surface area contributed by atoms with Crippen LogP contribution in [0.5, 0.6) is 0 Å². The van der Waals surface area contributed by atoms with Crippen molar-refractivity contribution in [2.24, 2.45) is 0 Å². The smallest absolute Gasteiger partial charge is 0.450 e. The number of nitrogen functional groups attached to an aromatic ring is 1. The minimum atomic E-state index is -1.83. The van der Waals surface area contributed by atoms with Crippen LogP contribution in [0.1, 0.15) is 0 Å². The maximum absolute atomic E-state index is 8.56. The van der Waals surface area contributed by atoms with Gasteiger partial charge in [-0.15, -0.1) is 0 Å². The number of hydrogen-bond donors (Lipinski definition) is 3. The zero-order chi connectivity index (χ0) is 9.56. The minimum absolute atomic E-state index is 0.618. The molecule has 0 spiro atoms. The average molecular weight is 190 g/mol. The molecule has 0 bridgehead atoms. The van der Waals surface area contributed by atoms with E-state index in [0.29, 0.717) is 10.7 Å². The molecule has 0 unspecified atom stereocenters. The van der Waals surface area contributed by atoms with Crippen LogP contribution >= 0.6 is 11.6 Å². The molecule has 0 saturated carbocycles. The van der Waals surface area contributed by atoms with Crippen molar-refractivity contribution >= 4 is 23.4 Å². The molecule has 0 fully saturated rings. The van der Waals surface area contributed by atoms with Gasteiger partial charge in [0.15, 0.2) is 0 Å². The number of nitrogens with two attached hydrogens (primary N) is 1. The topological polar surface area (TPSA) is 83.6 Å². The van der Waals surface area contributed by atoms with Crippen molar-refractivity contribution in [1.29, 1.82) is 0 Å². The van der Waals surface area contributed by atoms with E-state index >= 15 is 0 Å². The molecule has 5 heteroatoms. The van der Waals surface area contributed by atoms with E-state index in [1.54, 1.807) is 12.1 Å². The number of para-hydroxylation sites is 1. The van der Waals surface area contributed by atoms with E-state index < -0.39 is 6.16 Å². The van der Waals surface area contributed by atoms with Gasteiger partial charge in [-0.25, -0.2) is 4.79 Å². The summed E-state index contributed by atoms with van der Waals surface area (Å²) in [4.78, 5) is 8.56. The Morgan fingerprint density at radius 1 is 1.33 bits per heavy atom. The number of anilines is 1. The highest BCUT2D eigenvalue weighted by atomic mass is 35.5. The second-order valence-electron chi connectivity index (χ2n) is 1.80. The maximum Gasteiger partial charge on any atom is 0.503 e. The Bertz CT molecular complexity index is 240. The maximum atomic E-state index is 8.56. The van der Waals surface area contributed by atoms with E-state index in [9.17, 15) is 0 Å². The molecule has 4 nitrogen and oxygen atoms in total. The Balaban J connectivity index is 0.000000261. The molecule has 0 aliphatic rings. The first-order chi connectivity index (χ1) is 5.54. The highest BCUT2D eigenvalue weighted by Crippen LogP contribution is 2.15. The average Bonchev–Trinajstić information content (AvgIpc) is 1.94. The summed E-state index contributed by atoms with van der Waals surface area (Å²) in [6.07, 6.45) is -1.83. The quantitative estimate of drug-likeness (QED) is 0.546. The second kappa shape index (κ2) is 5.26. The largest absolute Gasteiger partial charge is 0.503 e. The van der Waals surface area contributed by atoms with Crippen LogP contribution in [0.2, 0.25) is 5.02 Å². The predicted molar refractivity (Wildman–Crippen MR) is 46.5 cm³/mol. The summed E-state index contributed by atoms with van der Waals surface area (Å²) in [5.41, 5.74) is 6.02. The second-order valence-corrected chi connectivity index (χ2v) is 2.21. The molecule has 0 amide bonds. The molecule has 1 rings (SSSR count). The van der Waals surface area contributed by atoms with Crippen molar-refractivity contribution in [2.75, 3.05) is 5.73 Å². The number of hydrogen-bond acceptors (Lipinski definition) is 2. The Morgan fingerprint density at radius 2 is 1.75 bits per heavy atom. The van der Waals surface area contributed by atoms with Gasteiger partial charge in [-0.3, -0.25) is 0 Å². The van der Waals surface area contributed by atoms with Crippen LogP contribution in [0.3, 0.4) is 0 Å². The summed E-state index contributed by atoms with van der Waals surface area (Å²) in [5, 5.41) is 14.6. The Hall–Kier alpha value is -1.42. The van der Waals surface area contributed by atoms with E-state index in [0.717, 1.165) is 0 Å².